The van der Waals surface area contributed by atoms with E-state index >= 15 is 0 Å². The topological polar surface area (TPSA) is 84.9 Å². The Morgan fingerprint density at radius 1 is 1.14 bits per heavy atom. The molecule has 110 valence electrons. The van der Waals surface area contributed by atoms with Crippen LogP contribution in [0, 0.1) is 0 Å². The van der Waals surface area contributed by atoms with Crippen LogP contribution in [-0.2, 0) is 20.8 Å². The molecule has 1 fully saturated rings. The Morgan fingerprint density at radius 3 is 2.62 bits per heavy atom. The van der Waals surface area contributed by atoms with E-state index in [0.29, 0.717) is 17.9 Å². The van der Waals surface area contributed by atoms with Gasteiger partial charge in [0, 0.05) is 6.42 Å². The molecule has 0 spiro atoms. The number of amides is 3. The summed E-state index contributed by atoms with van der Waals surface area (Å²) in [4.78, 5) is 35.8. The minimum Gasteiger partial charge on any atom is -0.454 e. The molecule has 0 atom stereocenters. The maximum Gasteiger partial charge on any atom is 0.246 e. The van der Waals surface area contributed by atoms with Gasteiger partial charge in [-0.05, 0) is 24.1 Å². The Balaban J connectivity index is 1.58. The minimum absolute atomic E-state index is 0.0638. The summed E-state index contributed by atoms with van der Waals surface area (Å²) in [5.74, 6) is 0.275. The minimum atomic E-state index is -0.442. The molecule has 3 amide bonds. The SMILES string of the molecule is O=C1CN(C(=O)CCc2ccc3c(c2)OCO3)CC(=O)N1. The molecule has 0 saturated carbocycles. The lowest BCUT2D eigenvalue weighted by molar-refractivity contribution is -0.145. The third-order valence-corrected chi connectivity index (χ3v) is 3.37. The monoisotopic (exact) mass is 290 g/mol. The van der Waals surface area contributed by atoms with E-state index in [1.807, 2.05) is 12.1 Å². The second kappa shape index (κ2) is 5.43. The first kappa shape index (κ1) is 13.4. The third-order valence-electron chi connectivity index (χ3n) is 3.37. The fraction of sp³-hybridized carbons (Fsp3) is 0.357. The van der Waals surface area contributed by atoms with E-state index in [2.05, 4.69) is 5.32 Å². The molecule has 7 heteroatoms. The molecule has 3 rings (SSSR count). The maximum atomic E-state index is 12.0. The Bertz CT molecular complexity index is 597. The number of aryl methyl sites for hydroxylation is 1. The Labute approximate surface area is 120 Å². The van der Waals surface area contributed by atoms with Gasteiger partial charge in [-0.15, -0.1) is 0 Å². The number of imide groups is 1. The van der Waals surface area contributed by atoms with Crippen LogP contribution in [0.5, 0.6) is 11.5 Å². The van der Waals surface area contributed by atoms with Gasteiger partial charge in [-0.3, -0.25) is 19.7 Å². The summed E-state index contributed by atoms with van der Waals surface area (Å²) in [5, 5.41) is 2.16. The number of hydrogen-bond acceptors (Lipinski definition) is 5. The number of benzene rings is 1. The number of piperazine rings is 1. The third kappa shape index (κ3) is 2.96. The van der Waals surface area contributed by atoms with E-state index in [1.165, 1.54) is 4.90 Å². The molecule has 7 nitrogen and oxygen atoms in total. The lowest BCUT2D eigenvalue weighted by Gasteiger charge is -2.25. The van der Waals surface area contributed by atoms with Crippen molar-refractivity contribution in [1.82, 2.24) is 10.2 Å². The quantitative estimate of drug-likeness (QED) is 0.781. The highest BCUT2D eigenvalue weighted by Gasteiger charge is 2.26. The van der Waals surface area contributed by atoms with Gasteiger partial charge < -0.3 is 14.4 Å². The highest BCUT2D eigenvalue weighted by atomic mass is 16.7. The number of fused-ring (bicyclic) bond motifs is 1. The van der Waals surface area contributed by atoms with E-state index in [1.54, 1.807) is 6.07 Å². The zero-order valence-corrected chi connectivity index (χ0v) is 11.3. The van der Waals surface area contributed by atoms with Gasteiger partial charge in [0.2, 0.25) is 24.5 Å². The number of carbonyl (C=O) groups excluding carboxylic acids is 3. The van der Waals surface area contributed by atoms with Gasteiger partial charge >= 0.3 is 0 Å². The lowest BCUT2D eigenvalue weighted by atomic mass is 10.1. The first-order valence-corrected chi connectivity index (χ1v) is 6.61. The summed E-state index contributed by atoms with van der Waals surface area (Å²) in [7, 11) is 0. The molecule has 0 aromatic heterocycles. The van der Waals surface area contributed by atoms with Crippen molar-refractivity contribution >= 4 is 17.7 Å². The Hall–Kier alpha value is -2.57. The zero-order valence-electron chi connectivity index (χ0n) is 11.3. The van der Waals surface area contributed by atoms with E-state index in [-0.39, 0.29) is 32.2 Å². The molecule has 1 aromatic rings. The van der Waals surface area contributed by atoms with Gasteiger partial charge in [0.15, 0.2) is 11.5 Å². The van der Waals surface area contributed by atoms with Crippen LogP contribution >= 0.6 is 0 Å². The zero-order chi connectivity index (χ0) is 14.8. The average Bonchev–Trinajstić information content (AvgIpc) is 2.91. The Kier molecular flexibility index (Phi) is 3.47. The number of nitrogens with one attached hydrogen (secondary N) is 1. The Morgan fingerprint density at radius 2 is 1.86 bits per heavy atom. The average molecular weight is 290 g/mol. The predicted octanol–water partition coefficient (Wildman–Crippen LogP) is -0.167. The van der Waals surface area contributed by atoms with Gasteiger partial charge in [-0.1, -0.05) is 6.07 Å². The molecule has 0 radical (unpaired) electrons. The van der Waals surface area contributed by atoms with Crippen LogP contribution in [-0.4, -0.2) is 42.5 Å². The van der Waals surface area contributed by atoms with Gasteiger partial charge in [0.05, 0.1) is 0 Å². The van der Waals surface area contributed by atoms with Gasteiger partial charge in [0.1, 0.15) is 13.1 Å². The standard InChI is InChI=1S/C14H14N2O5/c17-12-6-16(7-13(18)15-12)14(19)4-2-9-1-3-10-11(5-9)21-8-20-10/h1,3,5H,2,4,6-8H2,(H,15,17,18). The maximum absolute atomic E-state index is 12.0. The van der Waals surface area contributed by atoms with Crippen LogP contribution in [0.25, 0.3) is 0 Å². The lowest BCUT2D eigenvalue weighted by Crippen LogP contribution is -2.53. The molecule has 1 saturated heterocycles. The highest BCUT2D eigenvalue weighted by Crippen LogP contribution is 2.32. The number of rotatable bonds is 3. The summed E-state index contributed by atoms with van der Waals surface area (Å²) in [6.07, 6.45) is 0.752. The molecule has 2 aliphatic rings. The fourth-order valence-electron chi connectivity index (χ4n) is 2.32. The molecule has 0 unspecified atom stereocenters. The second-order valence-electron chi connectivity index (χ2n) is 4.91. The normalized spacial score (nSPS) is 16.9. The summed E-state index contributed by atoms with van der Waals surface area (Å²) in [6, 6.07) is 5.51. The number of carbonyl (C=O) groups is 3. The van der Waals surface area contributed by atoms with Crippen LogP contribution < -0.4 is 14.8 Å². The van der Waals surface area contributed by atoms with Crippen molar-refractivity contribution in [3.05, 3.63) is 23.8 Å². The van der Waals surface area contributed by atoms with Crippen molar-refractivity contribution in [1.29, 1.82) is 0 Å². The fourth-order valence-corrected chi connectivity index (χ4v) is 2.32. The molecule has 21 heavy (non-hydrogen) atoms. The van der Waals surface area contributed by atoms with E-state index < -0.39 is 11.8 Å². The van der Waals surface area contributed by atoms with Crippen LogP contribution in [0.4, 0.5) is 0 Å². The van der Waals surface area contributed by atoms with Crippen molar-refractivity contribution in [2.45, 2.75) is 12.8 Å². The van der Waals surface area contributed by atoms with E-state index in [9.17, 15) is 14.4 Å². The second-order valence-corrected chi connectivity index (χ2v) is 4.91. The van der Waals surface area contributed by atoms with Crippen molar-refractivity contribution < 1.29 is 23.9 Å². The summed E-state index contributed by atoms with van der Waals surface area (Å²) >= 11 is 0. The number of hydrogen-bond donors (Lipinski definition) is 1. The van der Waals surface area contributed by atoms with Crippen molar-refractivity contribution in [3.8, 4) is 11.5 Å². The first-order valence-electron chi connectivity index (χ1n) is 6.61. The van der Waals surface area contributed by atoms with Crippen molar-refractivity contribution in [3.63, 3.8) is 0 Å². The smallest absolute Gasteiger partial charge is 0.246 e. The number of nitrogens with zero attached hydrogens (tertiary/aromatic N) is 1. The first-order chi connectivity index (χ1) is 10.1. The van der Waals surface area contributed by atoms with Gasteiger partial charge in [-0.2, -0.15) is 0 Å². The van der Waals surface area contributed by atoms with Gasteiger partial charge in [0.25, 0.3) is 0 Å². The summed E-state index contributed by atoms with van der Waals surface area (Å²) in [5.41, 5.74) is 0.945. The van der Waals surface area contributed by atoms with Crippen LogP contribution in [0.2, 0.25) is 0 Å². The molecule has 0 bridgehead atoms. The highest BCUT2D eigenvalue weighted by molar-refractivity contribution is 6.02. The number of ether oxygens (including phenoxy) is 2. The van der Waals surface area contributed by atoms with Crippen molar-refractivity contribution in [2.75, 3.05) is 19.9 Å². The molecule has 2 heterocycles. The van der Waals surface area contributed by atoms with E-state index in [0.717, 1.165) is 5.56 Å². The largest absolute Gasteiger partial charge is 0.454 e. The van der Waals surface area contributed by atoms with Crippen LogP contribution in [0.3, 0.4) is 0 Å². The van der Waals surface area contributed by atoms with Crippen molar-refractivity contribution in [2.24, 2.45) is 0 Å². The molecule has 1 N–H and O–H groups in total. The summed E-state index contributed by atoms with van der Waals surface area (Å²) in [6.45, 7) is 0.0835. The predicted molar refractivity (Wildman–Crippen MR) is 70.6 cm³/mol. The summed E-state index contributed by atoms with van der Waals surface area (Å²) < 4.78 is 10.5. The van der Waals surface area contributed by atoms with Crippen LogP contribution in [0.15, 0.2) is 18.2 Å². The molecule has 1 aromatic carbocycles. The molecular weight excluding hydrogens is 276 g/mol. The molecular formula is C14H14N2O5. The molecule has 0 aliphatic carbocycles. The van der Waals surface area contributed by atoms with E-state index in [4.69, 9.17) is 9.47 Å². The molecule has 2 aliphatic heterocycles. The van der Waals surface area contributed by atoms with Crippen LogP contribution in [0.1, 0.15) is 12.0 Å². The van der Waals surface area contributed by atoms with Gasteiger partial charge in [-0.25, -0.2) is 0 Å².